The number of methoxy groups -OCH3 is 2. The van der Waals surface area contributed by atoms with Crippen molar-refractivity contribution in [1.29, 1.82) is 0 Å². The first kappa shape index (κ1) is 26.2. The molecule has 0 saturated heterocycles. The summed E-state index contributed by atoms with van der Waals surface area (Å²) in [4.78, 5) is 0. The maximum atomic E-state index is 6.55. The van der Waals surface area contributed by atoms with Crippen LogP contribution in [0.5, 0.6) is 0 Å². The molecule has 178 valence electrons. The molecule has 2 nitrogen and oxygen atoms in total. The summed E-state index contributed by atoms with van der Waals surface area (Å²) < 4.78 is 13.1. The molecular formula is C28H54O2. The molecule has 0 aromatic rings. The van der Waals surface area contributed by atoms with Crippen molar-refractivity contribution in [3.63, 3.8) is 0 Å². The highest BCUT2D eigenvalue weighted by atomic mass is 16.7. The van der Waals surface area contributed by atoms with Gasteiger partial charge in [0.2, 0.25) is 0 Å². The van der Waals surface area contributed by atoms with Crippen LogP contribution in [0.4, 0.5) is 0 Å². The van der Waals surface area contributed by atoms with Gasteiger partial charge in [-0.1, -0.05) is 98.8 Å². The van der Waals surface area contributed by atoms with E-state index in [1.165, 1.54) is 96.3 Å². The van der Waals surface area contributed by atoms with Crippen molar-refractivity contribution in [2.75, 3.05) is 14.2 Å². The largest absolute Gasteiger partial charge is 0.352 e. The predicted octanol–water partition coefficient (Wildman–Crippen LogP) is 8.78. The fraction of sp³-hybridized carbons (Fsp3) is 1.00. The van der Waals surface area contributed by atoms with E-state index in [9.17, 15) is 0 Å². The molecule has 2 aliphatic carbocycles. The van der Waals surface area contributed by atoms with Crippen molar-refractivity contribution in [3.05, 3.63) is 0 Å². The van der Waals surface area contributed by atoms with Crippen molar-refractivity contribution in [2.24, 2.45) is 28.6 Å². The second-order valence-corrected chi connectivity index (χ2v) is 11.7. The molecule has 1 unspecified atom stereocenters. The molecule has 1 atom stereocenters. The van der Waals surface area contributed by atoms with Crippen LogP contribution in [0.1, 0.15) is 131 Å². The van der Waals surface area contributed by atoms with Gasteiger partial charge in [0.25, 0.3) is 0 Å². The second kappa shape index (κ2) is 11.7. The third-order valence-corrected chi connectivity index (χ3v) is 9.49. The minimum atomic E-state index is -0.502. The van der Waals surface area contributed by atoms with Gasteiger partial charge in [-0.3, -0.25) is 0 Å². The van der Waals surface area contributed by atoms with E-state index in [0.29, 0.717) is 11.8 Å². The zero-order valence-electron chi connectivity index (χ0n) is 21.7. The van der Waals surface area contributed by atoms with Crippen LogP contribution < -0.4 is 0 Å². The molecular weight excluding hydrogens is 368 g/mol. The lowest BCUT2D eigenvalue weighted by molar-refractivity contribution is -0.329. The van der Waals surface area contributed by atoms with E-state index in [2.05, 4.69) is 34.6 Å². The Morgan fingerprint density at radius 3 is 1.67 bits per heavy atom. The zero-order valence-corrected chi connectivity index (χ0v) is 21.7. The summed E-state index contributed by atoms with van der Waals surface area (Å²) in [7, 11) is 3.86. The van der Waals surface area contributed by atoms with E-state index in [4.69, 9.17) is 9.47 Å². The Morgan fingerprint density at radius 1 is 0.700 bits per heavy atom. The third kappa shape index (κ3) is 5.45. The van der Waals surface area contributed by atoms with E-state index in [1.54, 1.807) is 0 Å². The fourth-order valence-corrected chi connectivity index (χ4v) is 7.41. The summed E-state index contributed by atoms with van der Waals surface area (Å²) in [6.45, 7) is 12.3. The molecule has 0 aliphatic heterocycles. The van der Waals surface area contributed by atoms with E-state index < -0.39 is 5.79 Å². The molecule has 0 aromatic heterocycles. The normalized spacial score (nSPS) is 20.9. The van der Waals surface area contributed by atoms with Gasteiger partial charge in [-0.05, 0) is 49.4 Å². The first-order chi connectivity index (χ1) is 14.3. The van der Waals surface area contributed by atoms with Gasteiger partial charge in [-0.25, -0.2) is 0 Å². The highest BCUT2D eigenvalue weighted by Crippen LogP contribution is 2.59. The lowest BCUT2D eigenvalue weighted by Crippen LogP contribution is -2.61. The summed E-state index contributed by atoms with van der Waals surface area (Å²) in [5.41, 5.74) is 0.261. The highest BCUT2D eigenvalue weighted by molar-refractivity contribution is 5.03. The van der Waals surface area contributed by atoms with Crippen LogP contribution >= 0.6 is 0 Å². The number of hydrogen-bond donors (Lipinski definition) is 0. The van der Waals surface area contributed by atoms with E-state index in [1.807, 2.05) is 14.2 Å². The molecule has 0 aromatic carbocycles. The first-order valence-corrected chi connectivity index (χ1v) is 13.4. The van der Waals surface area contributed by atoms with Crippen molar-refractivity contribution < 1.29 is 9.47 Å². The molecule has 0 bridgehead atoms. The van der Waals surface area contributed by atoms with Gasteiger partial charge in [-0.15, -0.1) is 0 Å². The van der Waals surface area contributed by atoms with E-state index in [-0.39, 0.29) is 10.8 Å². The maximum absolute atomic E-state index is 6.55. The molecule has 2 rings (SSSR count). The average molecular weight is 423 g/mol. The van der Waals surface area contributed by atoms with Crippen molar-refractivity contribution in [1.82, 2.24) is 0 Å². The smallest absolute Gasteiger partial charge is 0.176 e. The highest BCUT2D eigenvalue weighted by Gasteiger charge is 2.60. The minimum absolute atomic E-state index is 0.0236. The quantitative estimate of drug-likeness (QED) is 0.206. The summed E-state index contributed by atoms with van der Waals surface area (Å²) in [5, 5.41) is 0. The molecule has 2 fully saturated rings. The van der Waals surface area contributed by atoms with Gasteiger partial charge < -0.3 is 9.47 Å². The molecule has 0 amide bonds. The van der Waals surface area contributed by atoms with Gasteiger partial charge >= 0.3 is 0 Å². The summed E-state index contributed by atoms with van der Waals surface area (Å²) in [6.07, 6.45) is 20.3. The summed E-state index contributed by atoms with van der Waals surface area (Å²) in [5.74, 6) is 1.43. The first-order valence-electron chi connectivity index (χ1n) is 13.4. The zero-order chi connectivity index (χ0) is 22.3. The molecule has 0 heterocycles. The average Bonchev–Trinajstić information content (AvgIpc) is 3.44. The Hall–Kier alpha value is -0.0800. The molecule has 30 heavy (non-hydrogen) atoms. The Labute approximate surface area is 189 Å². The molecule has 2 heteroatoms. The Morgan fingerprint density at radius 2 is 1.17 bits per heavy atom. The minimum Gasteiger partial charge on any atom is -0.352 e. The van der Waals surface area contributed by atoms with Crippen LogP contribution in [0.2, 0.25) is 0 Å². The molecule has 2 aliphatic rings. The van der Waals surface area contributed by atoms with Gasteiger partial charge in [0.05, 0.1) is 0 Å². The van der Waals surface area contributed by atoms with Crippen molar-refractivity contribution in [3.8, 4) is 0 Å². The fourth-order valence-electron chi connectivity index (χ4n) is 7.41. The summed E-state index contributed by atoms with van der Waals surface area (Å²) >= 11 is 0. The molecule has 0 N–H and O–H groups in total. The predicted molar refractivity (Wildman–Crippen MR) is 130 cm³/mol. The van der Waals surface area contributed by atoms with Crippen LogP contribution in [0.15, 0.2) is 0 Å². The number of hydrogen-bond acceptors (Lipinski definition) is 2. The standard InChI is InChI=1S/C28H54O2/c1-8-9-10-11-12-13-22-25(26(2,3)23-18-14-15-19-23)28(29-6,30-7)27(4,5)24-20-16-17-21-24/h23-25H,8-22H2,1-7H3. The van der Waals surface area contributed by atoms with Crippen LogP contribution in [-0.2, 0) is 9.47 Å². The number of rotatable bonds is 14. The topological polar surface area (TPSA) is 18.5 Å². The third-order valence-electron chi connectivity index (χ3n) is 9.49. The number of ether oxygens (including phenoxy) is 2. The van der Waals surface area contributed by atoms with Gasteiger partial charge in [-0.2, -0.15) is 0 Å². The van der Waals surface area contributed by atoms with E-state index >= 15 is 0 Å². The van der Waals surface area contributed by atoms with Crippen molar-refractivity contribution in [2.45, 2.75) is 137 Å². The van der Waals surface area contributed by atoms with Crippen LogP contribution in [-0.4, -0.2) is 20.0 Å². The van der Waals surface area contributed by atoms with Gasteiger partial charge in [0.1, 0.15) is 0 Å². The van der Waals surface area contributed by atoms with Crippen molar-refractivity contribution >= 4 is 0 Å². The molecule has 2 saturated carbocycles. The van der Waals surface area contributed by atoms with Crippen LogP contribution in [0.3, 0.4) is 0 Å². The number of unbranched alkanes of at least 4 members (excludes halogenated alkanes) is 5. The Bertz CT molecular complexity index is 465. The molecule has 0 spiro atoms. The Balaban J connectivity index is 2.29. The second-order valence-electron chi connectivity index (χ2n) is 11.7. The monoisotopic (exact) mass is 422 g/mol. The van der Waals surface area contributed by atoms with Gasteiger partial charge in [0, 0.05) is 25.6 Å². The SMILES string of the molecule is CCCCCCCCC(C(C)(C)C1CCCC1)C(OC)(OC)C(C)(C)C1CCCC1. The lowest BCUT2D eigenvalue weighted by Gasteiger charge is -2.57. The van der Waals surface area contributed by atoms with Crippen LogP contribution in [0.25, 0.3) is 0 Å². The molecule has 0 radical (unpaired) electrons. The Kier molecular flexibility index (Phi) is 10.2. The van der Waals surface area contributed by atoms with Crippen LogP contribution in [0, 0.1) is 28.6 Å². The van der Waals surface area contributed by atoms with E-state index in [0.717, 1.165) is 5.92 Å². The lowest BCUT2D eigenvalue weighted by atomic mass is 9.56. The maximum Gasteiger partial charge on any atom is 0.176 e. The van der Waals surface area contributed by atoms with Gasteiger partial charge in [0.15, 0.2) is 5.79 Å². The summed E-state index contributed by atoms with van der Waals surface area (Å²) in [6, 6.07) is 0.